The Balaban J connectivity index is 2.38. The fourth-order valence-corrected chi connectivity index (χ4v) is 2.19. The van der Waals surface area contributed by atoms with Gasteiger partial charge in [0.2, 0.25) is 5.96 Å². The molecule has 0 saturated carbocycles. The maximum Gasteiger partial charge on any atom is 0.282 e. The normalized spacial score (nSPS) is 11.5. The maximum absolute atomic E-state index is 13.1. The number of ether oxygens (including phenoxy) is 1. The largest absolute Gasteiger partial charge is 0.496 e. The number of halogens is 4. The van der Waals surface area contributed by atoms with E-state index in [9.17, 15) is 17.6 Å². The molecule has 140 valence electrons. The van der Waals surface area contributed by atoms with Crippen LogP contribution in [0.25, 0.3) is 0 Å². The van der Waals surface area contributed by atoms with Gasteiger partial charge in [-0.3, -0.25) is 4.68 Å². The summed E-state index contributed by atoms with van der Waals surface area (Å²) < 4.78 is 57.8. The molecule has 0 bridgehead atoms. The fourth-order valence-electron chi connectivity index (χ4n) is 2.19. The molecule has 0 radical (unpaired) electrons. The number of alkyl halides is 4. The smallest absolute Gasteiger partial charge is 0.282 e. The van der Waals surface area contributed by atoms with Crippen molar-refractivity contribution in [2.45, 2.75) is 19.4 Å². The molecule has 0 spiro atoms. The van der Waals surface area contributed by atoms with Crippen LogP contribution in [0.3, 0.4) is 0 Å². The van der Waals surface area contributed by atoms with Gasteiger partial charge in [-0.2, -0.15) is 10.2 Å². The van der Waals surface area contributed by atoms with E-state index in [-0.39, 0.29) is 12.5 Å². The van der Waals surface area contributed by atoms with E-state index in [4.69, 9.17) is 16.2 Å². The lowest BCUT2D eigenvalue weighted by molar-refractivity contribution is 0.139. The van der Waals surface area contributed by atoms with Crippen molar-refractivity contribution in [3.05, 3.63) is 46.8 Å². The molecular formula is C15H16F4N6O. The summed E-state index contributed by atoms with van der Waals surface area (Å²) in [6.45, 7) is -0.195. The molecular weight excluding hydrogens is 356 g/mol. The number of hydrogen-bond acceptors (Lipinski definition) is 4. The quantitative estimate of drug-likeness (QED) is 0.337. The summed E-state index contributed by atoms with van der Waals surface area (Å²) in [5.41, 5.74) is 9.97. The summed E-state index contributed by atoms with van der Waals surface area (Å²) in [7, 11) is 1.40. The van der Waals surface area contributed by atoms with E-state index in [1.807, 2.05) is 0 Å². The van der Waals surface area contributed by atoms with Crippen molar-refractivity contribution in [3.63, 3.8) is 0 Å². The van der Waals surface area contributed by atoms with Crippen LogP contribution in [0.5, 0.6) is 5.75 Å². The summed E-state index contributed by atoms with van der Waals surface area (Å²) in [6, 6.07) is 5.47. The van der Waals surface area contributed by atoms with Gasteiger partial charge in [0, 0.05) is 5.56 Å². The zero-order valence-electron chi connectivity index (χ0n) is 13.6. The number of nitrogens with two attached hydrogens (primary N) is 2. The van der Waals surface area contributed by atoms with E-state index in [1.54, 1.807) is 18.2 Å². The lowest BCUT2D eigenvalue weighted by Crippen LogP contribution is -2.21. The second-order valence-corrected chi connectivity index (χ2v) is 5.09. The standard InChI is InChI=1S/C15H16F4N6O/c1-26-12-3-2-8(6-22-23-15(20)21)4-9(12)7-25-11(14(18)19)5-10(24-25)13(16)17/h2-6,13-14H,7H2,1H3,(H4,20,21,23). The third-order valence-corrected chi connectivity index (χ3v) is 3.28. The van der Waals surface area contributed by atoms with E-state index >= 15 is 0 Å². The van der Waals surface area contributed by atoms with Crippen molar-refractivity contribution in [3.8, 4) is 5.75 Å². The molecule has 0 saturated heterocycles. The Morgan fingerprint density at radius 2 is 1.96 bits per heavy atom. The topological polar surface area (TPSA) is 104 Å². The average molecular weight is 372 g/mol. The van der Waals surface area contributed by atoms with Crippen LogP contribution in [-0.2, 0) is 6.54 Å². The fraction of sp³-hybridized carbons (Fsp3) is 0.267. The number of benzene rings is 1. The Morgan fingerprint density at radius 3 is 2.54 bits per heavy atom. The van der Waals surface area contributed by atoms with Gasteiger partial charge in [-0.15, -0.1) is 5.10 Å². The van der Waals surface area contributed by atoms with E-state index < -0.39 is 24.2 Å². The van der Waals surface area contributed by atoms with Crippen LogP contribution in [0.15, 0.2) is 34.5 Å². The highest BCUT2D eigenvalue weighted by molar-refractivity contribution is 5.82. The number of guanidine groups is 1. The highest BCUT2D eigenvalue weighted by Gasteiger charge is 2.22. The first-order chi connectivity index (χ1) is 12.3. The predicted molar refractivity (Wildman–Crippen MR) is 87.6 cm³/mol. The van der Waals surface area contributed by atoms with Crippen molar-refractivity contribution in [2.75, 3.05) is 7.11 Å². The van der Waals surface area contributed by atoms with Gasteiger partial charge < -0.3 is 16.2 Å². The van der Waals surface area contributed by atoms with Crippen molar-refractivity contribution in [1.29, 1.82) is 0 Å². The minimum Gasteiger partial charge on any atom is -0.496 e. The van der Waals surface area contributed by atoms with Crippen LogP contribution in [0.4, 0.5) is 17.6 Å². The molecule has 11 heteroatoms. The number of methoxy groups -OCH3 is 1. The monoisotopic (exact) mass is 372 g/mol. The molecule has 0 unspecified atom stereocenters. The molecule has 1 aromatic carbocycles. The summed E-state index contributed by atoms with van der Waals surface area (Å²) in [5.74, 6) is 0.144. The van der Waals surface area contributed by atoms with Gasteiger partial charge in [0.25, 0.3) is 12.9 Å². The molecule has 1 aromatic heterocycles. The second-order valence-electron chi connectivity index (χ2n) is 5.09. The Morgan fingerprint density at radius 1 is 1.23 bits per heavy atom. The van der Waals surface area contributed by atoms with Gasteiger partial charge in [0.05, 0.1) is 19.9 Å². The molecule has 26 heavy (non-hydrogen) atoms. The van der Waals surface area contributed by atoms with Gasteiger partial charge in [0.1, 0.15) is 17.1 Å². The number of aromatic nitrogens is 2. The van der Waals surface area contributed by atoms with E-state index in [0.29, 0.717) is 22.9 Å². The van der Waals surface area contributed by atoms with Crippen molar-refractivity contribution < 1.29 is 22.3 Å². The van der Waals surface area contributed by atoms with Crippen LogP contribution in [0.1, 0.15) is 35.4 Å². The predicted octanol–water partition coefficient (Wildman–Crippen LogP) is 2.42. The minimum atomic E-state index is -2.95. The molecule has 0 fully saturated rings. The molecule has 0 aliphatic heterocycles. The third-order valence-electron chi connectivity index (χ3n) is 3.28. The van der Waals surface area contributed by atoms with Crippen molar-refractivity contribution in [1.82, 2.24) is 9.78 Å². The lowest BCUT2D eigenvalue weighted by atomic mass is 10.1. The number of rotatable bonds is 7. The van der Waals surface area contributed by atoms with E-state index in [2.05, 4.69) is 15.3 Å². The molecule has 4 N–H and O–H groups in total. The maximum atomic E-state index is 13.1. The van der Waals surface area contributed by atoms with Crippen LogP contribution in [-0.4, -0.2) is 29.1 Å². The lowest BCUT2D eigenvalue weighted by Gasteiger charge is -2.11. The second kappa shape index (κ2) is 8.32. The highest BCUT2D eigenvalue weighted by atomic mass is 19.3. The van der Waals surface area contributed by atoms with Crippen LogP contribution in [0, 0.1) is 0 Å². The molecule has 0 amide bonds. The number of hydrogen-bond donors (Lipinski definition) is 2. The zero-order valence-corrected chi connectivity index (χ0v) is 13.6. The highest BCUT2D eigenvalue weighted by Crippen LogP contribution is 2.27. The summed E-state index contributed by atoms with van der Waals surface area (Å²) in [4.78, 5) is 0. The van der Waals surface area contributed by atoms with Gasteiger partial charge in [-0.05, 0) is 29.8 Å². The number of nitrogens with zero attached hydrogens (tertiary/aromatic N) is 4. The summed E-state index contributed by atoms with van der Waals surface area (Å²) >= 11 is 0. The molecule has 0 aliphatic rings. The van der Waals surface area contributed by atoms with Crippen LogP contribution >= 0.6 is 0 Å². The first kappa shape index (κ1) is 19.2. The van der Waals surface area contributed by atoms with Crippen LogP contribution in [0.2, 0.25) is 0 Å². The molecule has 7 nitrogen and oxygen atoms in total. The van der Waals surface area contributed by atoms with Crippen molar-refractivity contribution in [2.24, 2.45) is 21.7 Å². The Hall–Kier alpha value is -3.11. The van der Waals surface area contributed by atoms with Gasteiger partial charge in [-0.1, -0.05) is 0 Å². The third kappa shape index (κ3) is 4.71. The first-order valence-electron chi connectivity index (χ1n) is 7.24. The first-order valence-corrected chi connectivity index (χ1v) is 7.24. The Bertz CT molecular complexity index is 814. The zero-order chi connectivity index (χ0) is 19.3. The Labute approximate surface area is 146 Å². The average Bonchev–Trinajstić information content (AvgIpc) is 2.99. The van der Waals surface area contributed by atoms with E-state index in [0.717, 1.165) is 4.68 Å². The molecule has 0 aliphatic carbocycles. The van der Waals surface area contributed by atoms with Gasteiger partial charge in [0.15, 0.2) is 0 Å². The molecule has 2 aromatic rings. The van der Waals surface area contributed by atoms with Gasteiger partial charge in [-0.25, -0.2) is 17.6 Å². The SMILES string of the molecule is COc1ccc(C=NN=C(N)N)cc1Cn1nc(C(F)F)cc1C(F)F. The molecule has 2 rings (SSSR count). The minimum absolute atomic E-state index is 0.195. The summed E-state index contributed by atoms with van der Waals surface area (Å²) in [5, 5.41) is 10.7. The Kier molecular flexibility index (Phi) is 6.15. The summed E-state index contributed by atoms with van der Waals surface area (Å²) in [6.07, 6.45) is -4.56. The van der Waals surface area contributed by atoms with Gasteiger partial charge >= 0.3 is 0 Å². The molecule has 0 atom stereocenters. The molecule has 1 heterocycles. The van der Waals surface area contributed by atoms with E-state index in [1.165, 1.54) is 13.3 Å². The van der Waals surface area contributed by atoms with Crippen LogP contribution < -0.4 is 16.2 Å². The van der Waals surface area contributed by atoms with Crippen molar-refractivity contribution >= 4 is 12.2 Å².